The highest BCUT2D eigenvalue weighted by molar-refractivity contribution is 5.89. The van der Waals surface area contributed by atoms with Crippen LogP contribution in [-0.2, 0) is 15.7 Å². The monoisotopic (exact) mass is 424 g/mol. The molecule has 0 aliphatic carbocycles. The minimum atomic E-state index is -4.53. The fourth-order valence-electron chi connectivity index (χ4n) is 3.44. The third-order valence-corrected chi connectivity index (χ3v) is 4.87. The van der Waals surface area contributed by atoms with E-state index in [-0.39, 0.29) is 12.3 Å². The molecule has 160 valence electrons. The van der Waals surface area contributed by atoms with Crippen molar-refractivity contribution in [1.82, 2.24) is 5.32 Å². The lowest BCUT2D eigenvalue weighted by Crippen LogP contribution is -2.62. The predicted octanol–water partition coefficient (Wildman–Crippen LogP) is 2.76. The standard InChI is InChI=1S/C20H19F3N2O5/c21-20(22,23)11-5-4-6-12(9-11)24-19(27)25-15-14-10-28-18(30-14)17(16(15)26)29-13-7-2-1-3-8-13/h1-9,14-18,26H,10H2,(H2,24,25,27)/t14-,15+,16-,17-,18+/m0/s1. The zero-order valence-corrected chi connectivity index (χ0v) is 15.5. The van der Waals surface area contributed by atoms with E-state index in [9.17, 15) is 23.1 Å². The molecule has 0 radical (unpaired) electrons. The van der Waals surface area contributed by atoms with E-state index < -0.39 is 48.4 Å². The van der Waals surface area contributed by atoms with Crippen molar-refractivity contribution in [2.75, 3.05) is 11.9 Å². The number of fused-ring (bicyclic) bond motifs is 2. The molecule has 0 unspecified atom stereocenters. The van der Waals surface area contributed by atoms with Crippen molar-refractivity contribution < 1.29 is 37.3 Å². The van der Waals surface area contributed by atoms with Crippen LogP contribution < -0.4 is 15.4 Å². The topological polar surface area (TPSA) is 89.1 Å². The molecule has 4 rings (SSSR count). The number of rotatable bonds is 4. The Labute approximate surface area is 169 Å². The summed E-state index contributed by atoms with van der Waals surface area (Å²) in [7, 11) is 0. The number of ether oxygens (including phenoxy) is 3. The average molecular weight is 424 g/mol. The first-order valence-corrected chi connectivity index (χ1v) is 9.23. The number of benzene rings is 2. The average Bonchev–Trinajstić information content (AvgIpc) is 3.15. The van der Waals surface area contributed by atoms with Gasteiger partial charge in [0.15, 0.2) is 12.4 Å². The van der Waals surface area contributed by atoms with Crippen molar-refractivity contribution in [3.05, 3.63) is 60.2 Å². The van der Waals surface area contributed by atoms with Crippen molar-refractivity contribution in [2.24, 2.45) is 0 Å². The number of aliphatic hydroxyl groups is 1. The lowest BCUT2D eigenvalue weighted by atomic mass is 9.98. The lowest BCUT2D eigenvalue weighted by molar-refractivity contribution is -0.192. The SMILES string of the molecule is O=C(Nc1cccc(C(F)(F)F)c1)N[C@H]1[C@H](O)[C@H](Oc2ccccc2)[C@@H]2OC[C@@H]1O2. The summed E-state index contributed by atoms with van der Waals surface area (Å²) in [5.74, 6) is 0.492. The van der Waals surface area contributed by atoms with Gasteiger partial charge in [-0.1, -0.05) is 24.3 Å². The van der Waals surface area contributed by atoms with Gasteiger partial charge in [-0.2, -0.15) is 13.2 Å². The van der Waals surface area contributed by atoms with Crippen molar-refractivity contribution in [3.8, 4) is 5.75 Å². The van der Waals surface area contributed by atoms with Crippen LogP contribution in [0.25, 0.3) is 0 Å². The van der Waals surface area contributed by atoms with Gasteiger partial charge in [0.05, 0.1) is 18.2 Å². The van der Waals surface area contributed by atoms with Gasteiger partial charge in [0, 0.05) is 5.69 Å². The Morgan fingerprint density at radius 3 is 2.63 bits per heavy atom. The Morgan fingerprint density at radius 2 is 1.90 bits per heavy atom. The van der Waals surface area contributed by atoms with E-state index in [0.717, 1.165) is 12.1 Å². The summed E-state index contributed by atoms with van der Waals surface area (Å²) in [6.07, 6.45) is -8.00. The van der Waals surface area contributed by atoms with Crippen LogP contribution in [-0.4, -0.2) is 48.4 Å². The smallest absolute Gasteiger partial charge is 0.416 e. The molecule has 30 heavy (non-hydrogen) atoms. The number of urea groups is 1. The molecule has 10 heteroatoms. The van der Waals surface area contributed by atoms with Crippen LogP contribution in [0.15, 0.2) is 54.6 Å². The fourth-order valence-corrected chi connectivity index (χ4v) is 3.44. The first-order chi connectivity index (χ1) is 14.3. The normalized spacial score (nSPS) is 28.1. The van der Waals surface area contributed by atoms with Gasteiger partial charge < -0.3 is 30.0 Å². The summed E-state index contributed by atoms with van der Waals surface area (Å²) in [5.41, 5.74) is -0.920. The van der Waals surface area contributed by atoms with Gasteiger partial charge >= 0.3 is 12.2 Å². The molecule has 2 aliphatic rings. The predicted molar refractivity (Wildman–Crippen MR) is 98.9 cm³/mol. The van der Waals surface area contributed by atoms with E-state index in [1.807, 2.05) is 6.07 Å². The highest BCUT2D eigenvalue weighted by Crippen LogP contribution is 2.32. The number of para-hydroxylation sites is 1. The number of amides is 2. The van der Waals surface area contributed by atoms with E-state index in [1.165, 1.54) is 12.1 Å². The van der Waals surface area contributed by atoms with E-state index in [0.29, 0.717) is 5.75 Å². The first-order valence-electron chi connectivity index (χ1n) is 9.23. The summed E-state index contributed by atoms with van der Waals surface area (Å²) in [5, 5.41) is 15.7. The van der Waals surface area contributed by atoms with Crippen LogP contribution in [0.5, 0.6) is 5.75 Å². The summed E-state index contributed by atoms with van der Waals surface area (Å²) >= 11 is 0. The van der Waals surface area contributed by atoms with Gasteiger partial charge in [-0.3, -0.25) is 0 Å². The number of hydrogen-bond acceptors (Lipinski definition) is 5. The maximum atomic E-state index is 12.8. The quantitative estimate of drug-likeness (QED) is 0.703. The van der Waals surface area contributed by atoms with Gasteiger partial charge in [0.1, 0.15) is 18.0 Å². The molecule has 2 aliphatic heterocycles. The van der Waals surface area contributed by atoms with Gasteiger partial charge in [-0.25, -0.2) is 4.79 Å². The van der Waals surface area contributed by atoms with E-state index in [1.54, 1.807) is 24.3 Å². The van der Waals surface area contributed by atoms with Gasteiger partial charge in [-0.15, -0.1) is 0 Å². The number of alkyl halides is 3. The molecule has 2 amide bonds. The summed E-state index contributed by atoms with van der Waals surface area (Å²) in [6, 6.07) is 11.3. The Bertz CT molecular complexity index is 896. The summed E-state index contributed by atoms with van der Waals surface area (Å²) < 4.78 is 55.5. The minimum Gasteiger partial charge on any atom is -0.482 e. The second-order valence-corrected chi connectivity index (χ2v) is 6.97. The fraction of sp³-hybridized carbons (Fsp3) is 0.350. The molecule has 5 atom stereocenters. The number of hydrogen-bond donors (Lipinski definition) is 3. The maximum absolute atomic E-state index is 12.8. The van der Waals surface area contributed by atoms with Crippen molar-refractivity contribution >= 4 is 11.7 Å². The van der Waals surface area contributed by atoms with Crippen molar-refractivity contribution in [2.45, 2.75) is 36.8 Å². The van der Waals surface area contributed by atoms with Crippen LogP contribution in [0.1, 0.15) is 5.56 Å². The molecule has 2 aromatic carbocycles. The third kappa shape index (κ3) is 4.35. The molecule has 7 nitrogen and oxygen atoms in total. The lowest BCUT2D eigenvalue weighted by Gasteiger charge is -2.38. The molecule has 2 bridgehead atoms. The zero-order chi connectivity index (χ0) is 21.3. The molecule has 0 saturated carbocycles. The number of aliphatic hydroxyl groups excluding tert-OH is 1. The van der Waals surface area contributed by atoms with Gasteiger partial charge in [0.25, 0.3) is 0 Å². The Kier molecular flexibility index (Phi) is 5.54. The zero-order valence-electron chi connectivity index (χ0n) is 15.5. The Hall–Kier alpha value is -2.82. The number of anilines is 1. The summed E-state index contributed by atoms with van der Waals surface area (Å²) in [4.78, 5) is 12.4. The maximum Gasteiger partial charge on any atom is 0.416 e. The van der Waals surface area contributed by atoms with Crippen molar-refractivity contribution in [3.63, 3.8) is 0 Å². The molecule has 3 N–H and O–H groups in total. The highest BCUT2D eigenvalue weighted by atomic mass is 19.4. The van der Waals surface area contributed by atoms with E-state index in [2.05, 4.69) is 10.6 Å². The Morgan fingerprint density at radius 1 is 1.13 bits per heavy atom. The van der Waals surface area contributed by atoms with Crippen molar-refractivity contribution in [1.29, 1.82) is 0 Å². The number of carbonyl (C=O) groups is 1. The third-order valence-electron chi connectivity index (χ3n) is 4.87. The molecule has 2 heterocycles. The van der Waals surface area contributed by atoms with Gasteiger partial charge in [0.2, 0.25) is 0 Å². The number of halogens is 3. The second-order valence-electron chi connectivity index (χ2n) is 6.97. The van der Waals surface area contributed by atoms with E-state index in [4.69, 9.17) is 14.2 Å². The van der Waals surface area contributed by atoms with Crippen LogP contribution in [0, 0.1) is 0 Å². The van der Waals surface area contributed by atoms with Crippen LogP contribution >= 0.6 is 0 Å². The minimum absolute atomic E-state index is 0.0359. The van der Waals surface area contributed by atoms with Crippen LogP contribution in [0.2, 0.25) is 0 Å². The number of nitrogens with one attached hydrogen (secondary N) is 2. The van der Waals surface area contributed by atoms with Crippen LogP contribution in [0.4, 0.5) is 23.7 Å². The summed E-state index contributed by atoms with van der Waals surface area (Å²) in [6.45, 7) is 0.130. The molecule has 2 saturated heterocycles. The largest absolute Gasteiger partial charge is 0.482 e. The molecule has 0 spiro atoms. The first kappa shape index (κ1) is 20.5. The molecular weight excluding hydrogens is 405 g/mol. The number of carbonyl (C=O) groups excluding carboxylic acids is 1. The van der Waals surface area contributed by atoms with E-state index >= 15 is 0 Å². The molecule has 2 aromatic rings. The molecular formula is C20H19F3N2O5. The van der Waals surface area contributed by atoms with Crippen LogP contribution in [0.3, 0.4) is 0 Å². The highest BCUT2D eigenvalue weighted by Gasteiger charge is 2.52. The van der Waals surface area contributed by atoms with Gasteiger partial charge in [-0.05, 0) is 30.3 Å². The Balaban J connectivity index is 1.44. The molecule has 2 fully saturated rings. The second kappa shape index (κ2) is 8.13. The molecule has 0 aromatic heterocycles.